The normalized spacial score (nSPS) is 11.9. The minimum absolute atomic E-state index is 0.439. The SMILES string of the molecule is CC(C)(C)CCNCCc1nccs1. The maximum absolute atomic E-state index is 4.24. The van der Waals surface area contributed by atoms with Crippen LogP contribution in [0.4, 0.5) is 0 Å². The molecule has 1 aromatic heterocycles. The fourth-order valence-corrected chi connectivity index (χ4v) is 1.78. The first-order chi connectivity index (χ1) is 6.58. The summed E-state index contributed by atoms with van der Waals surface area (Å²) in [5.41, 5.74) is 0.439. The van der Waals surface area contributed by atoms with Crippen LogP contribution in [0.1, 0.15) is 32.2 Å². The molecule has 0 bridgehead atoms. The molecule has 0 radical (unpaired) electrons. The molecule has 0 spiro atoms. The highest BCUT2D eigenvalue weighted by atomic mass is 32.1. The minimum Gasteiger partial charge on any atom is -0.316 e. The van der Waals surface area contributed by atoms with Crippen molar-refractivity contribution < 1.29 is 0 Å². The highest BCUT2D eigenvalue weighted by Gasteiger charge is 2.08. The van der Waals surface area contributed by atoms with Crippen molar-refractivity contribution in [2.75, 3.05) is 13.1 Å². The van der Waals surface area contributed by atoms with Crippen LogP contribution in [0.25, 0.3) is 0 Å². The van der Waals surface area contributed by atoms with E-state index in [2.05, 4.69) is 31.1 Å². The first kappa shape index (κ1) is 11.7. The van der Waals surface area contributed by atoms with Crippen molar-refractivity contribution >= 4 is 11.3 Å². The van der Waals surface area contributed by atoms with Gasteiger partial charge in [-0.15, -0.1) is 11.3 Å². The van der Waals surface area contributed by atoms with Gasteiger partial charge in [-0.25, -0.2) is 4.98 Å². The lowest BCUT2D eigenvalue weighted by molar-refractivity contribution is 0.367. The molecule has 0 amide bonds. The molecular formula is C11H20N2S. The van der Waals surface area contributed by atoms with Crippen molar-refractivity contribution in [1.29, 1.82) is 0 Å². The van der Waals surface area contributed by atoms with Gasteiger partial charge >= 0.3 is 0 Å². The first-order valence-electron chi connectivity index (χ1n) is 5.17. The van der Waals surface area contributed by atoms with E-state index in [1.807, 2.05) is 11.6 Å². The largest absolute Gasteiger partial charge is 0.316 e. The van der Waals surface area contributed by atoms with Gasteiger partial charge in [-0.3, -0.25) is 0 Å². The van der Waals surface area contributed by atoms with Crippen LogP contribution in [-0.4, -0.2) is 18.1 Å². The second-order valence-corrected chi connectivity index (χ2v) is 5.72. The fourth-order valence-electron chi connectivity index (χ4n) is 1.16. The first-order valence-corrected chi connectivity index (χ1v) is 6.05. The van der Waals surface area contributed by atoms with E-state index in [-0.39, 0.29) is 0 Å². The zero-order valence-corrected chi connectivity index (χ0v) is 10.2. The van der Waals surface area contributed by atoms with Gasteiger partial charge in [0.15, 0.2) is 0 Å². The Balaban J connectivity index is 2.00. The van der Waals surface area contributed by atoms with Crippen LogP contribution >= 0.6 is 11.3 Å². The third-order valence-electron chi connectivity index (χ3n) is 2.05. The zero-order valence-electron chi connectivity index (χ0n) is 9.34. The maximum atomic E-state index is 4.24. The van der Waals surface area contributed by atoms with Crippen molar-refractivity contribution in [3.05, 3.63) is 16.6 Å². The summed E-state index contributed by atoms with van der Waals surface area (Å²) >= 11 is 1.74. The smallest absolute Gasteiger partial charge is 0.0937 e. The molecule has 0 aliphatic carbocycles. The van der Waals surface area contributed by atoms with E-state index in [9.17, 15) is 0 Å². The molecule has 1 heterocycles. The lowest BCUT2D eigenvalue weighted by atomic mass is 9.92. The van der Waals surface area contributed by atoms with E-state index in [4.69, 9.17) is 0 Å². The molecule has 0 unspecified atom stereocenters. The van der Waals surface area contributed by atoms with E-state index >= 15 is 0 Å². The van der Waals surface area contributed by atoms with Crippen molar-refractivity contribution in [3.8, 4) is 0 Å². The number of nitrogens with zero attached hydrogens (tertiary/aromatic N) is 1. The van der Waals surface area contributed by atoms with E-state index in [1.54, 1.807) is 11.3 Å². The van der Waals surface area contributed by atoms with Gasteiger partial charge in [0.25, 0.3) is 0 Å². The Bertz CT molecular complexity index is 236. The molecule has 0 atom stereocenters. The van der Waals surface area contributed by atoms with Gasteiger partial charge in [0.1, 0.15) is 0 Å². The molecule has 0 aliphatic rings. The molecule has 0 aromatic carbocycles. The number of thiazole rings is 1. The highest BCUT2D eigenvalue weighted by Crippen LogP contribution is 2.16. The van der Waals surface area contributed by atoms with Gasteiger partial charge in [-0.2, -0.15) is 0 Å². The number of rotatable bonds is 5. The lowest BCUT2D eigenvalue weighted by Gasteiger charge is -2.17. The van der Waals surface area contributed by atoms with Crippen LogP contribution in [-0.2, 0) is 6.42 Å². The quantitative estimate of drug-likeness (QED) is 0.759. The Morgan fingerprint density at radius 3 is 2.71 bits per heavy atom. The van der Waals surface area contributed by atoms with Crippen molar-refractivity contribution in [1.82, 2.24) is 10.3 Å². The number of hydrogen-bond acceptors (Lipinski definition) is 3. The number of hydrogen-bond donors (Lipinski definition) is 1. The number of nitrogens with one attached hydrogen (secondary N) is 1. The lowest BCUT2D eigenvalue weighted by Crippen LogP contribution is -2.22. The summed E-state index contributed by atoms with van der Waals surface area (Å²) in [5, 5.41) is 6.71. The molecule has 0 saturated heterocycles. The maximum Gasteiger partial charge on any atom is 0.0937 e. The molecule has 1 rings (SSSR count). The molecule has 0 aliphatic heterocycles. The molecule has 1 aromatic rings. The van der Waals surface area contributed by atoms with Crippen LogP contribution < -0.4 is 5.32 Å². The van der Waals surface area contributed by atoms with Crippen molar-refractivity contribution in [3.63, 3.8) is 0 Å². The zero-order chi connectivity index (χ0) is 10.4. The van der Waals surface area contributed by atoms with Gasteiger partial charge < -0.3 is 5.32 Å². The summed E-state index contributed by atoms with van der Waals surface area (Å²) in [6.45, 7) is 8.97. The Morgan fingerprint density at radius 2 is 2.14 bits per heavy atom. The summed E-state index contributed by atoms with van der Waals surface area (Å²) in [6, 6.07) is 0. The summed E-state index contributed by atoms with van der Waals surface area (Å²) in [7, 11) is 0. The van der Waals surface area contributed by atoms with Gasteiger partial charge in [0.05, 0.1) is 5.01 Å². The second kappa shape index (κ2) is 5.47. The second-order valence-electron chi connectivity index (χ2n) is 4.74. The molecule has 14 heavy (non-hydrogen) atoms. The third kappa shape index (κ3) is 5.35. The van der Waals surface area contributed by atoms with E-state index in [0.717, 1.165) is 19.5 Å². The number of aromatic nitrogens is 1. The average molecular weight is 212 g/mol. The minimum atomic E-state index is 0.439. The predicted molar refractivity (Wildman–Crippen MR) is 62.8 cm³/mol. The van der Waals surface area contributed by atoms with Crippen LogP contribution in [0.15, 0.2) is 11.6 Å². The topological polar surface area (TPSA) is 24.9 Å². The highest BCUT2D eigenvalue weighted by molar-refractivity contribution is 7.09. The van der Waals surface area contributed by atoms with Crippen LogP contribution in [0.3, 0.4) is 0 Å². The van der Waals surface area contributed by atoms with Gasteiger partial charge in [-0.1, -0.05) is 20.8 Å². The Hall–Kier alpha value is -0.410. The standard InChI is InChI=1S/C11H20N2S/c1-11(2,3)5-7-12-6-4-10-13-8-9-14-10/h8-9,12H,4-7H2,1-3H3. The van der Waals surface area contributed by atoms with Crippen LogP contribution in [0, 0.1) is 5.41 Å². The van der Waals surface area contributed by atoms with E-state index in [0.29, 0.717) is 5.41 Å². The fraction of sp³-hybridized carbons (Fsp3) is 0.727. The Labute approximate surface area is 90.8 Å². The monoisotopic (exact) mass is 212 g/mol. The molecular weight excluding hydrogens is 192 g/mol. The molecule has 0 fully saturated rings. The van der Waals surface area contributed by atoms with Gasteiger partial charge in [0, 0.05) is 24.5 Å². The van der Waals surface area contributed by atoms with E-state index in [1.165, 1.54) is 11.4 Å². The molecule has 0 saturated carbocycles. The van der Waals surface area contributed by atoms with Crippen LogP contribution in [0.5, 0.6) is 0 Å². The molecule has 3 heteroatoms. The summed E-state index contributed by atoms with van der Waals surface area (Å²) in [5.74, 6) is 0. The van der Waals surface area contributed by atoms with Crippen LogP contribution in [0.2, 0.25) is 0 Å². The molecule has 80 valence electrons. The van der Waals surface area contributed by atoms with Gasteiger partial charge in [-0.05, 0) is 18.4 Å². The Kier molecular flexibility index (Phi) is 4.55. The van der Waals surface area contributed by atoms with Crippen molar-refractivity contribution in [2.24, 2.45) is 5.41 Å². The summed E-state index contributed by atoms with van der Waals surface area (Å²) in [6.07, 6.45) is 4.15. The summed E-state index contributed by atoms with van der Waals surface area (Å²) in [4.78, 5) is 4.24. The molecule has 1 N–H and O–H groups in total. The summed E-state index contributed by atoms with van der Waals surface area (Å²) < 4.78 is 0. The molecule has 2 nitrogen and oxygen atoms in total. The van der Waals surface area contributed by atoms with E-state index < -0.39 is 0 Å². The Morgan fingerprint density at radius 1 is 1.36 bits per heavy atom. The average Bonchev–Trinajstić information content (AvgIpc) is 2.54. The van der Waals surface area contributed by atoms with Gasteiger partial charge in [0.2, 0.25) is 0 Å². The third-order valence-corrected chi connectivity index (χ3v) is 2.89. The predicted octanol–water partition coefficient (Wildman–Crippen LogP) is 2.71. The van der Waals surface area contributed by atoms with Crippen molar-refractivity contribution in [2.45, 2.75) is 33.6 Å².